The number of pyridine rings is 1. The van der Waals surface area contributed by atoms with Crippen LogP contribution in [0.5, 0.6) is 0 Å². The topological polar surface area (TPSA) is 45.2 Å². The monoisotopic (exact) mass is 495 g/mol. The zero-order chi connectivity index (χ0) is 19.0. The second-order valence-corrected chi connectivity index (χ2v) is 9.37. The number of hydrogen-bond acceptors (Lipinski definition) is 3. The molecule has 0 unspecified atom stereocenters. The molecule has 1 spiro atoms. The van der Waals surface area contributed by atoms with Crippen molar-refractivity contribution in [1.82, 2.24) is 9.88 Å². The molecular formula is C21H23ClIN3O. The van der Waals surface area contributed by atoms with Crippen LogP contribution in [0, 0.1) is 15.9 Å². The van der Waals surface area contributed by atoms with Crippen LogP contribution < -0.4 is 5.32 Å². The van der Waals surface area contributed by atoms with Gasteiger partial charge in [-0.25, -0.2) is 4.98 Å². The summed E-state index contributed by atoms with van der Waals surface area (Å²) >= 11 is 8.26. The third-order valence-electron chi connectivity index (χ3n) is 5.80. The van der Waals surface area contributed by atoms with E-state index in [0.29, 0.717) is 17.1 Å². The number of amides is 1. The van der Waals surface area contributed by atoms with Crippen molar-refractivity contribution < 1.29 is 4.79 Å². The van der Waals surface area contributed by atoms with Gasteiger partial charge in [0, 0.05) is 22.7 Å². The van der Waals surface area contributed by atoms with Crippen molar-refractivity contribution in [2.75, 3.05) is 18.4 Å². The second kappa shape index (κ2) is 7.59. The molecule has 1 aromatic carbocycles. The molecule has 1 aromatic heterocycles. The van der Waals surface area contributed by atoms with Crippen LogP contribution in [0.25, 0.3) is 0 Å². The highest BCUT2D eigenvalue weighted by Crippen LogP contribution is 2.55. The largest absolute Gasteiger partial charge is 0.368 e. The SMILES string of the molecule is Cc1ccc(I)c(C(=O)N2CCC3(CC3)C[C@H]2CNc2cccc(Cl)n2)c1. The van der Waals surface area contributed by atoms with Gasteiger partial charge in [-0.15, -0.1) is 0 Å². The maximum absolute atomic E-state index is 13.3. The average molecular weight is 496 g/mol. The summed E-state index contributed by atoms with van der Waals surface area (Å²) in [5.41, 5.74) is 2.39. The molecule has 1 aliphatic heterocycles. The van der Waals surface area contributed by atoms with Gasteiger partial charge >= 0.3 is 0 Å². The van der Waals surface area contributed by atoms with Crippen molar-refractivity contribution in [1.29, 1.82) is 0 Å². The van der Waals surface area contributed by atoms with Crippen LogP contribution in [0.2, 0.25) is 5.15 Å². The van der Waals surface area contributed by atoms with Gasteiger partial charge in [-0.1, -0.05) is 29.3 Å². The third-order valence-corrected chi connectivity index (χ3v) is 6.95. The number of nitrogens with zero attached hydrogens (tertiary/aromatic N) is 2. The zero-order valence-electron chi connectivity index (χ0n) is 15.3. The Bertz CT molecular complexity index is 868. The number of carbonyl (C=O) groups is 1. The van der Waals surface area contributed by atoms with E-state index in [2.05, 4.69) is 43.9 Å². The van der Waals surface area contributed by atoms with Crippen LogP contribution in [0.1, 0.15) is 41.6 Å². The van der Waals surface area contributed by atoms with Crippen LogP contribution in [0.3, 0.4) is 0 Å². The minimum atomic E-state index is 0.143. The lowest BCUT2D eigenvalue weighted by atomic mass is 9.87. The van der Waals surface area contributed by atoms with E-state index in [1.807, 2.05) is 31.2 Å². The molecule has 4 nitrogen and oxygen atoms in total. The van der Waals surface area contributed by atoms with Crippen LogP contribution in [0.15, 0.2) is 36.4 Å². The Morgan fingerprint density at radius 1 is 1.33 bits per heavy atom. The Hall–Kier alpha value is -1.34. The van der Waals surface area contributed by atoms with Gasteiger partial charge in [0.05, 0.1) is 5.56 Å². The molecule has 1 amide bonds. The predicted octanol–water partition coefficient (Wildman–Crippen LogP) is 5.14. The number of benzene rings is 1. The van der Waals surface area contributed by atoms with Crippen molar-refractivity contribution >= 4 is 45.9 Å². The molecule has 142 valence electrons. The number of likely N-dealkylation sites (tertiary alicyclic amines) is 1. The van der Waals surface area contributed by atoms with E-state index in [-0.39, 0.29) is 11.9 Å². The number of aromatic nitrogens is 1. The molecule has 1 saturated carbocycles. The molecular weight excluding hydrogens is 473 g/mol. The standard InChI is InChI=1S/C21H23ClIN3O/c1-14-5-6-17(23)16(11-14)20(27)26-10-9-21(7-8-21)12-15(26)13-24-19-4-2-3-18(22)25-19/h2-6,11,15H,7-10,12-13H2,1H3,(H,24,25)/t15-/m0/s1. The normalized spacial score (nSPS) is 20.6. The summed E-state index contributed by atoms with van der Waals surface area (Å²) in [5, 5.41) is 3.87. The van der Waals surface area contributed by atoms with Gasteiger partial charge in [-0.3, -0.25) is 4.79 Å². The summed E-state index contributed by atoms with van der Waals surface area (Å²) < 4.78 is 1.01. The minimum absolute atomic E-state index is 0.143. The number of rotatable bonds is 4. The number of hydrogen-bond donors (Lipinski definition) is 1. The van der Waals surface area contributed by atoms with E-state index in [1.54, 1.807) is 6.07 Å². The number of nitrogens with one attached hydrogen (secondary N) is 1. The molecule has 6 heteroatoms. The molecule has 2 aromatic rings. The van der Waals surface area contributed by atoms with Gasteiger partial charge in [0.2, 0.25) is 0 Å². The van der Waals surface area contributed by atoms with Crippen LogP contribution in [0.4, 0.5) is 5.82 Å². The summed E-state index contributed by atoms with van der Waals surface area (Å²) in [5.74, 6) is 0.903. The lowest BCUT2D eigenvalue weighted by Gasteiger charge is -2.40. The van der Waals surface area contributed by atoms with Crippen molar-refractivity contribution in [2.45, 2.75) is 38.6 Å². The maximum Gasteiger partial charge on any atom is 0.255 e. The molecule has 4 rings (SSSR count). The lowest BCUT2D eigenvalue weighted by Crippen LogP contribution is -2.50. The molecule has 1 N–H and O–H groups in total. The minimum Gasteiger partial charge on any atom is -0.368 e. The first kappa shape index (κ1) is 19.0. The number of halogens is 2. The summed E-state index contributed by atoms with van der Waals surface area (Å²) in [6, 6.07) is 11.8. The predicted molar refractivity (Wildman–Crippen MR) is 117 cm³/mol. The van der Waals surface area contributed by atoms with Crippen LogP contribution >= 0.6 is 34.2 Å². The highest BCUT2D eigenvalue weighted by molar-refractivity contribution is 14.1. The van der Waals surface area contributed by atoms with E-state index in [4.69, 9.17) is 11.6 Å². The lowest BCUT2D eigenvalue weighted by molar-refractivity contribution is 0.0544. The van der Waals surface area contributed by atoms with E-state index in [9.17, 15) is 4.79 Å². The first-order valence-corrected chi connectivity index (χ1v) is 10.9. The molecule has 1 saturated heterocycles. The molecule has 27 heavy (non-hydrogen) atoms. The van der Waals surface area contributed by atoms with Crippen LogP contribution in [-0.4, -0.2) is 34.9 Å². The Kier molecular flexibility index (Phi) is 5.34. The summed E-state index contributed by atoms with van der Waals surface area (Å²) in [6.07, 6.45) is 4.77. The average Bonchev–Trinajstić information content (AvgIpc) is 3.40. The molecule has 1 atom stereocenters. The van der Waals surface area contributed by atoms with Crippen molar-refractivity contribution in [3.05, 3.63) is 56.2 Å². The van der Waals surface area contributed by atoms with Gasteiger partial charge in [0.25, 0.3) is 5.91 Å². The molecule has 0 bridgehead atoms. The molecule has 2 aliphatic rings. The molecule has 0 radical (unpaired) electrons. The first-order chi connectivity index (χ1) is 13.0. The van der Waals surface area contributed by atoms with Gasteiger partial charge in [-0.05, 0) is 84.9 Å². The quantitative estimate of drug-likeness (QED) is 0.472. The fraction of sp³-hybridized carbons (Fsp3) is 0.429. The van der Waals surface area contributed by atoms with Gasteiger partial charge in [0.15, 0.2) is 0 Å². The van der Waals surface area contributed by atoms with Crippen molar-refractivity contribution in [3.63, 3.8) is 0 Å². The fourth-order valence-corrected chi connectivity index (χ4v) is 4.75. The Morgan fingerprint density at radius 3 is 2.89 bits per heavy atom. The second-order valence-electron chi connectivity index (χ2n) is 7.82. The summed E-state index contributed by atoms with van der Waals surface area (Å²) in [4.78, 5) is 19.7. The van der Waals surface area contributed by atoms with Gasteiger partial charge < -0.3 is 10.2 Å². The van der Waals surface area contributed by atoms with Crippen molar-refractivity contribution in [3.8, 4) is 0 Å². The smallest absolute Gasteiger partial charge is 0.255 e. The summed E-state index contributed by atoms with van der Waals surface area (Å²) in [7, 11) is 0. The van der Waals surface area contributed by atoms with Gasteiger partial charge in [0.1, 0.15) is 11.0 Å². The van der Waals surface area contributed by atoms with E-state index >= 15 is 0 Å². The number of carbonyl (C=O) groups excluding carboxylic acids is 1. The third kappa shape index (κ3) is 4.24. The van der Waals surface area contributed by atoms with E-state index < -0.39 is 0 Å². The molecule has 2 heterocycles. The highest BCUT2D eigenvalue weighted by atomic mass is 127. The zero-order valence-corrected chi connectivity index (χ0v) is 18.3. The Morgan fingerprint density at radius 2 is 2.15 bits per heavy atom. The van der Waals surface area contributed by atoms with E-state index in [0.717, 1.165) is 39.9 Å². The Balaban J connectivity index is 1.54. The van der Waals surface area contributed by atoms with Crippen LogP contribution in [-0.2, 0) is 0 Å². The Labute approximate surface area is 178 Å². The number of piperidine rings is 1. The van der Waals surface area contributed by atoms with E-state index in [1.165, 1.54) is 12.8 Å². The number of aryl methyl sites for hydroxylation is 1. The van der Waals surface area contributed by atoms with Gasteiger partial charge in [-0.2, -0.15) is 0 Å². The fourth-order valence-electron chi connectivity index (χ4n) is 4.02. The highest BCUT2D eigenvalue weighted by Gasteiger charge is 2.49. The van der Waals surface area contributed by atoms with Crippen molar-refractivity contribution in [2.24, 2.45) is 5.41 Å². The number of anilines is 1. The molecule has 2 fully saturated rings. The maximum atomic E-state index is 13.3. The molecule has 1 aliphatic carbocycles. The summed E-state index contributed by atoms with van der Waals surface area (Å²) in [6.45, 7) is 3.56. The first-order valence-electron chi connectivity index (χ1n) is 9.39.